The summed E-state index contributed by atoms with van der Waals surface area (Å²) in [5.41, 5.74) is 6.25. The Kier molecular flexibility index (Phi) is 6.03. The number of carbonyl (C=O) groups excluding carboxylic acids is 1. The molecule has 1 aromatic heterocycles. The number of rotatable bonds is 8. The first-order valence-corrected chi connectivity index (χ1v) is 9.35. The van der Waals surface area contributed by atoms with Crippen molar-refractivity contribution in [2.24, 2.45) is 0 Å². The van der Waals surface area contributed by atoms with Gasteiger partial charge in [-0.15, -0.1) is 11.3 Å². The van der Waals surface area contributed by atoms with Gasteiger partial charge in [-0.3, -0.25) is 4.79 Å². The maximum absolute atomic E-state index is 11.5. The van der Waals surface area contributed by atoms with E-state index in [4.69, 9.17) is 10.5 Å². The number of carbonyl (C=O) groups is 1. The fourth-order valence-electron chi connectivity index (χ4n) is 1.62. The third-order valence-electron chi connectivity index (χ3n) is 2.71. The highest BCUT2D eigenvalue weighted by Crippen LogP contribution is 2.43. The summed E-state index contributed by atoms with van der Waals surface area (Å²) in [7, 11) is -3.04. The molecule has 8 heteroatoms. The summed E-state index contributed by atoms with van der Waals surface area (Å²) in [5.74, 6) is 0.419. The standard InChI is InChI=1S/C13H22N2O4S2/c1-5-21(17,18)7-6-15-13-11(19-8(2)3)10(14)12(20-13)9(4)16/h8,15H,5-7,14H2,1-4H3. The van der Waals surface area contributed by atoms with Crippen molar-refractivity contribution in [2.45, 2.75) is 33.8 Å². The number of hydrogen-bond donors (Lipinski definition) is 2. The fourth-order valence-corrected chi connectivity index (χ4v) is 3.30. The summed E-state index contributed by atoms with van der Waals surface area (Å²) in [6.45, 7) is 7.01. The van der Waals surface area contributed by atoms with Crippen LogP contribution in [0.25, 0.3) is 0 Å². The monoisotopic (exact) mass is 334 g/mol. The minimum Gasteiger partial charge on any atom is -0.486 e. The number of hydrogen-bond acceptors (Lipinski definition) is 7. The zero-order chi connectivity index (χ0) is 16.2. The lowest BCUT2D eigenvalue weighted by atomic mass is 10.3. The lowest BCUT2D eigenvalue weighted by molar-refractivity contribution is 0.102. The topological polar surface area (TPSA) is 98.5 Å². The predicted molar refractivity (Wildman–Crippen MR) is 87.3 cm³/mol. The van der Waals surface area contributed by atoms with E-state index >= 15 is 0 Å². The van der Waals surface area contributed by atoms with Crippen molar-refractivity contribution in [2.75, 3.05) is 29.1 Å². The third-order valence-corrected chi connectivity index (χ3v) is 5.66. The van der Waals surface area contributed by atoms with Gasteiger partial charge in [0, 0.05) is 19.2 Å². The van der Waals surface area contributed by atoms with E-state index in [0.717, 1.165) is 0 Å². The zero-order valence-corrected chi connectivity index (χ0v) is 14.4. The van der Waals surface area contributed by atoms with Crippen LogP contribution in [0.3, 0.4) is 0 Å². The predicted octanol–water partition coefficient (Wildman–Crippen LogP) is 2.17. The van der Waals surface area contributed by atoms with E-state index in [2.05, 4.69) is 5.32 Å². The second-order valence-corrected chi connectivity index (χ2v) is 8.38. The summed E-state index contributed by atoms with van der Waals surface area (Å²) in [6.07, 6.45) is -0.0957. The highest BCUT2D eigenvalue weighted by atomic mass is 32.2. The molecule has 0 unspecified atom stereocenters. The van der Waals surface area contributed by atoms with Gasteiger partial charge in [-0.05, 0) is 13.8 Å². The molecular weight excluding hydrogens is 312 g/mol. The molecule has 0 radical (unpaired) electrons. The Balaban J connectivity index is 2.94. The molecule has 1 aromatic rings. The Hall–Kier alpha value is -1.28. The summed E-state index contributed by atoms with van der Waals surface area (Å²) >= 11 is 1.19. The molecule has 0 spiro atoms. The van der Waals surface area contributed by atoms with Crippen LogP contribution < -0.4 is 15.8 Å². The van der Waals surface area contributed by atoms with Crippen molar-refractivity contribution in [3.8, 4) is 5.75 Å². The first-order chi connectivity index (χ1) is 9.68. The third kappa shape index (κ3) is 4.89. The van der Waals surface area contributed by atoms with Crippen LogP contribution in [0.2, 0.25) is 0 Å². The number of nitrogen functional groups attached to an aromatic ring is 1. The highest BCUT2D eigenvalue weighted by Gasteiger charge is 2.21. The number of nitrogens with one attached hydrogen (secondary N) is 1. The van der Waals surface area contributed by atoms with Crippen LogP contribution in [0, 0.1) is 0 Å². The highest BCUT2D eigenvalue weighted by molar-refractivity contribution is 7.91. The van der Waals surface area contributed by atoms with Gasteiger partial charge in [0.2, 0.25) is 0 Å². The molecule has 1 heterocycles. The van der Waals surface area contributed by atoms with Crippen LogP contribution in [0.4, 0.5) is 10.7 Å². The maximum Gasteiger partial charge on any atom is 0.177 e. The Morgan fingerprint density at radius 2 is 2.05 bits per heavy atom. The van der Waals surface area contributed by atoms with E-state index in [1.165, 1.54) is 18.3 Å². The Labute approximate surface area is 129 Å². The number of anilines is 2. The van der Waals surface area contributed by atoms with Crippen LogP contribution in [0.5, 0.6) is 5.75 Å². The minimum atomic E-state index is -3.04. The van der Waals surface area contributed by atoms with Crippen LogP contribution in [0.1, 0.15) is 37.4 Å². The van der Waals surface area contributed by atoms with E-state index < -0.39 is 9.84 Å². The van der Waals surface area contributed by atoms with E-state index in [0.29, 0.717) is 21.3 Å². The van der Waals surface area contributed by atoms with Gasteiger partial charge in [0.25, 0.3) is 0 Å². The summed E-state index contributed by atoms with van der Waals surface area (Å²) in [4.78, 5) is 12.0. The molecule has 0 aliphatic carbocycles. The average molecular weight is 334 g/mol. The number of Topliss-reactive ketones (excluding diaryl/α,β-unsaturated/α-hetero) is 1. The summed E-state index contributed by atoms with van der Waals surface area (Å²) < 4.78 is 28.6. The second kappa shape index (κ2) is 7.13. The van der Waals surface area contributed by atoms with Gasteiger partial charge >= 0.3 is 0 Å². The largest absolute Gasteiger partial charge is 0.486 e. The Morgan fingerprint density at radius 3 is 2.52 bits per heavy atom. The SMILES string of the molecule is CCS(=O)(=O)CCNc1sc(C(C)=O)c(N)c1OC(C)C. The molecule has 0 fully saturated rings. The quantitative estimate of drug-likeness (QED) is 0.707. The van der Waals surface area contributed by atoms with Gasteiger partial charge < -0.3 is 15.8 Å². The molecule has 0 amide bonds. The zero-order valence-electron chi connectivity index (χ0n) is 12.7. The molecule has 1 rings (SSSR count). The molecule has 0 atom stereocenters. The van der Waals surface area contributed by atoms with Crippen molar-refractivity contribution in [1.82, 2.24) is 0 Å². The molecule has 0 bridgehead atoms. The van der Waals surface area contributed by atoms with Gasteiger partial charge in [-0.1, -0.05) is 6.92 Å². The molecule has 0 saturated heterocycles. The van der Waals surface area contributed by atoms with Gasteiger partial charge in [0.1, 0.15) is 5.00 Å². The number of ether oxygens (including phenoxy) is 1. The van der Waals surface area contributed by atoms with Crippen molar-refractivity contribution in [3.63, 3.8) is 0 Å². The number of sulfone groups is 1. The van der Waals surface area contributed by atoms with Crippen molar-refractivity contribution < 1.29 is 17.9 Å². The molecule has 0 aromatic carbocycles. The minimum absolute atomic E-state index is 0.0256. The Bertz CT molecular complexity index is 606. The van der Waals surface area contributed by atoms with Gasteiger partial charge in [0.05, 0.1) is 22.4 Å². The normalized spacial score (nSPS) is 11.7. The number of nitrogens with two attached hydrogens (primary N) is 1. The number of thiophene rings is 1. The van der Waals surface area contributed by atoms with Crippen LogP contribution in [0.15, 0.2) is 0 Å². The average Bonchev–Trinajstić information content (AvgIpc) is 2.67. The van der Waals surface area contributed by atoms with Gasteiger partial charge in [-0.25, -0.2) is 8.42 Å². The number of ketones is 1. The van der Waals surface area contributed by atoms with Crippen LogP contribution in [-0.4, -0.2) is 38.4 Å². The molecule has 21 heavy (non-hydrogen) atoms. The van der Waals surface area contributed by atoms with E-state index in [9.17, 15) is 13.2 Å². The van der Waals surface area contributed by atoms with Crippen LogP contribution >= 0.6 is 11.3 Å². The molecule has 0 saturated carbocycles. The lowest BCUT2D eigenvalue weighted by Gasteiger charge is -2.12. The second-order valence-electron chi connectivity index (χ2n) is 4.89. The molecule has 120 valence electrons. The molecule has 0 aliphatic rings. The Morgan fingerprint density at radius 1 is 1.43 bits per heavy atom. The molecular formula is C13H22N2O4S2. The fraction of sp³-hybridized carbons (Fsp3) is 0.615. The first-order valence-electron chi connectivity index (χ1n) is 6.72. The van der Waals surface area contributed by atoms with Crippen LogP contribution in [-0.2, 0) is 9.84 Å². The van der Waals surface area contributed by atoms with E-state index in [1.54, 1.807) is 6.92 Å². The lowest BCUT2D eigenvalue weighted by Crippen LogP contribution is -2.17. The molecule has 0 aliphatic heterocycles. The summed E-state index contributed by atoms with van der Waals surface area (Å²) in [6, 6.07) is 0. The smallest absolute Gasteiger partial charge is 0.177 e. The van der Waals surface area contributed by atoms with Crippen molar-refractivity contribution >= 4 is 37.6 Å². The molecule has 3 N–H and O–H groups in total. The van der Waals surface area contributed by atoms with Crippen molar-refractivity contribution in [1.29, 1.82) is 0 Å². The first kappa shape index (κ1) is 17.8. The van der Waals surface area contributed by atoms with E-state index in [-0.39, 0.29) is 29.9 Å². The van der Waals surface area contributed by atoms with Gasteiger partial charge in [-0.2, -0.15) is 0 Å². The van der Waals surface area contributed by atoms with Gasteiger partial charge in [0.15, 0.2) is 21.4 Å². The summed E-state index contributed by atoms with van der Waals surface area (Å²) in [5, 5.41) is 3.60. The maximum atomic E-state index is 11.5. The molecule has 6 nitrogen and oxygen atoms in total. The van der Waals surface area contributed by atoms with Crippen molar-refractivity contribution in [3.05, 3.63) is 4.88 Å². The van der Waals surface area contributed by atoms with E-state index in [1.807, 2.05) is 13.8 Å².